The van der Waals surface area contributed by atoms with Gasteiger partial charge in [-0.15, -0.1) is 0 Å². The van der Waals surface area contributed by atoms with Gasteiger partial charge in [0.1, 0.15) is 0 Å². The molecule has 0 amide bonds. The molecular formula is C20H21N5S. The van der Waals surface area contributed by atoms with Gasteiger partial charge in [0.15, 0.2) is 5.82 Å². The number of hydrogen-bond acceptors (Lipinski definition) is 4. The molecule has 0 aliphatic rings. The van der Waals surface area contributed by atoms with Crippen LogP contribution in [0.4, 0.5) is 5.69 Å². The van der Waals surface area contributed by atoms with Crippen LogP contribution >= 0.6 is 12.2 Å². The zero-order chi connectivity index (χ0) is 18.5. The van der Waals surface area contributed by atoms with Gasteiger partial charge in [0.25, 0.3) is 0 Å². The van der Waals surface area contributed by atoms with E-state index in [1.54, 1.807) is 10.9 Å². The predicted molar refractivity (Wildman–Crippen MR) is 111 cm³/mol. The molecule has 0 aliphatic heterocycles. The minimum atomic E-state index is 0.459. The largest absolute Gasteiger partial charge is 0.378 e. The molecular weight excluding hydrogens is 342 g/mol. The Morgan fingerprint density at radius 2 is 1.81 bits per heavy atom. The van der Waals surface area contributed by atoms with Gasteiger partial charge in [-0.2, -0.15) is 14.9 Å². The minimum absolute atomic E-state index is 0.459. The highest BCUT2D eigenvalue weighted by molar-refractivity contribution is 7.71. The van der Waals surface area contributed by atoms with Crippen molar-refractivity contribution in [3.8, 4) is 11.4 Å². The van der Waals surface area contributed by atoms with E-state index in [-0.39, 0.29) is 0 Å². The Hall–Kier alpha value is -2.99. The standard InChI is InChI=1S/C20H21N5S/c1-15(13-16-7-5-4-6-8-16)14-21-25-19(22-23-20(25)26)17-9-11-18(12-10-17)24(2)3/h4-14H,1-3H3,(H,23,26)/b15-13+,21-14+. The number of benzene rings is 2. The number of H-pyrrole nitrogens is 1. The zero-order valence-corrected chi connectivity index (χ0v) is 15.9. The lowest BCUT2D eigenvalue weighted by molar-refractivity contribution is 0.871. The van der Waals surface area contributed by atoms with Crippen molar-refractivity contribution >= 4 is 30.2 Å². The average Bonchev–Trinajstić information content (AvgIpc) is 3.01. The molecule has 5 nitrogen and oxygen atoms in total. The number of rotatable bonds is 5. The Morgan fingerprint density at radius 1 is 1.12 bits per heavy atom. The summed E-state index contributed by atoms with van der Waals surface area (Å²) < 4.78 is 2.10. The Bertz CT molecular complexity index is 979. The number of hydrogen-bond donors (Lipinski definition) is 1. The molecule has 3 aromatic rings. The van der Waals surface area contributed by atoms with Crippen LogP contribution in [0.5, 0.6) is 0 Å². The fourth-order valence-corrected chi connectivity index (χ4v) is 2.67. The van der Waals surface area contributed by atoms with E-state index in [2.05, 4.69) is 38.4 Å². The second-order valence-electron chi connectivity index (χ2n) is 6.15. The fraction of sp³-hybridized carbons (Fsp3) is 0.150. The summed E-state index contributed by atoms with van der Waals surface area (Å²) in [6, 6.07) is 18.2. The fourth-order valence-electron chi connectivity index (χ4n) is 2.49. The molecule has 0 unspecified atom stereocenters. The van der Waals surface area contributed by atoms with E-state index in [4.69, 9.17) is 12.2 Å². The molecule has 2 aromatic carbocycles. The number of aromatic amines is 1. The number of nitrogens with zero attached hydrogens (tertiary/aromatic N) is 4. The summed E-state index contributed by atoms with van der Waals surface area (Å²) in [6.45, 7) is 2.01. The third kappa shape index (κ3) is 4.15. The summed E-state index contributed by atoms with van der Waals surface area (Å²) in [5.74, 6) is 0.684. The Balaban J connectivity index is 1.88. The molecule has 3 rings (SSSR count). The van der Waals surface area contributed by atoms with E-state index in [1.807, 2.05) is 63.5 Å². The van der Waals surface area contributed by atoms with Crippen LogP contribution in [0, 0.1) is 4.77 Å². The lowest BCUT2D eigenvalue weighted by Gasteiger charge is -2.12. The van der Waals surface area contributed by atoms with Gasteiger partial charge in [0.2, 0.25) is 4.77 Å². The van der Waals surface area contributed by atoms with Crippen molar-refractivity contribution in [3.63, 3.8) is 0 Å². The Morgan fingerprint density at radius 3 is 2.46 bits per heavy atom. The first-order valence-corrected chi connectivity index (χ1v) is 8.68. The van der Waals surface area contributed by atoms with Crippen LogP contribution in [-0.4, -0.2) is 35.2 Å². The maximum Gasteiger partial charge on any atom is 0.216 e. The van der Waals surface area contributed by atoms with Crippen molar-refractivity contribution in [2.75, 3.05) is 19.0 Å². The van der Waals surface area contributed by atoms with Gasteiger partial charge >= 0.3 is 0 Å². The van der Waals surface area contributed by atoms with Gasteiger partial charge in [0, 0.05) is 25.3 Å². The second kappa shape index (κ2) is 7.93. The molecule has 0 saturated carbocycles. The molecule has 0 fully saturated rings. The highest BCUT2D eigenvalue weighted by atomic mass is 32.1. The van der Waals surface area contributed by atoms with Crippen LogP contribution in [0.25, 0.3) is 17.5 Å². The van der Waals surface area contributed by atoms with Gasteiger partial charge in [0.05, 0.1) is 6.21 Å². The van der Waals surface area contributed by atoms with Gasteiger partial charge in [-0.1, -0.05) is 36.4 Å². The van der Waals surface area contributed by atoms with Crippen molar-refractivity contribution in [3.05, 3.63) is 70.5 Å². The maximum atomic E-state index is 5.33. The summed E-state index contributed by atoms with van der Waals surface area (Å²) >= 11 is 5.33. The molecule has 0 saturated heterocycles. The van der Waals surface area contributed by atoms with Gasteiger partial charge in [-0.25, -0.2) is 5.10 Å². The van der Waals surface area contributed by atoms with Crippen LogP contribution in [0.3, 0.4) is 0 Å². The molecule has 0 radical (unpaired) electrons. The van der Waals surface area contributed by atoms with Gasteiger partial charge < -0.3 is 4.90 Å². The van der Waals surface area contributed by atoms with Gasteiger partial charge in [-0.05, 0) is 54.5 Å². The molecule has 1 N–H and O–H groups in total. The normalized spacial score (nSPS) is 11.9. The summed E-state index contributed by atoms with van der Waals surface area (Å²) in [6.07, 6.45) is 3.86. The molecule has 0 atom stereocenters. The molecule has 0 spiro atoms. The number of anilines is 1. The lowest BCUT2D eigenvalue weighted by Crippen LogP contribution is -2.08. The van der Waals surface area contributed by atoms with E-state index in [9.17, 15) is 0 Å². The number of aromatic nitrogens is 3. The topological polar surface area (TPSA) is 49.2 Å². The van der Waals surface area contributed by atoms with Crippen LogP contribution in [0.15, 0.2) is 65.3 Å². The molecule has 6 heteroatoms. The van der Waals surface area contributed by atoms with E-state index < -0.39 is 0 Å². The zero-order valence-electron chi connectivity index (χ0n) is 15.0. The summed E-state index contributed by atoms with van der Waals surface area (Å²) in [7, 11) is 4.02. The first-order chi connectivity index (χ1) is 12.5. The molecule has 0 aliphatic carbocycles. The average molecular weight is 363 g/mol. The van der Waals surface area contributed by atoms with E-state index in [1.165, 1.54) is 0 Å². The second-order valence-corrected chi connectivity index (χ2v) is 6.54. The summed E-state index contributed by atoms with van der Waals surface area (Å²) in [4.78, 5) is 2.05. The SMILES string of the molecule is CC(/C=N/n1c(-c2ccc(N(C)C)cc2)n[nH]c1=S)=C\c1ccccc1. The summed E-state index contributed by atoms with van der Waals surface area (Å²) in [5.41, 5.74) is 4.23. The highest BCUT2D eigenvalue weighted by Crippen LogP contribution is 2.21. The molecule has 132 valence electrons. The quantitative estimate of drug-likeness (QED) is 0.532. The minimum Gasteiger partial charge on any atom is -0.378 e. The highest BCUT2D eigenvalue weighted by Gasteiger charge is 2.08. The smallest absolute Gasteiger partial charge is 0.216 e. The van der Waals surface area contributed by atoms with E-state index >= 15 is 0 Å². The number of nitrogens with one attached hydrogen (secondary N) is 1. The van der Waals surface area contributed by atoms with Crippen LogP contribution in [0.2, 0.25) is 0 Å². The van der Waals surface area contributed by atoms with Crippen LogP contribution in [-0.2, 0) is 0 Å². The third-order valence-corrected chi connectivity index (χ3v) is 4.13. The molecule has 1 aromatic heterocycles. The van der Waals surface area contributed by atoms with E-state index in [0.717, 1.165) is 22.4 Å². The Labute approximate surface area is 158 Å². The van der Waals surface area contributed by atoms with Crippen molar-refractivity contribution in [2.24, 2.45) is 5.10 Å². The first kappa shape index (κ1) is 17.8. The lowest BCUT2D eigenvalue weighted by atomic mass is 10.1. The van der Waals surface area contributed by atoms with E-state index in [0.29, 0.717) is 10.6 Å². The monoisotopic (exact) mass is 363 g/mol. The third-order valence-electron chi connectivity index (χ3n) is 3.86. The maximum absolute atomic E-state index is 5.33. The van der Waals surface area contributed by atoms with Crippen molar-refractivity contribution in [1.29, 1.82) is 0 Å². The van der Waals surface area contributed by atoms with Crippen LogP contribution in [0.1, 0.15) is 12.5 Å². The van der Waals surface area contributed by atoms with Gasteiger partial charge in [-0.3, -0.25) is 0 Å². The molecule has 0 bridgehead atoms. The van der Waals surface area contributed by atoms with Crippen LogP contribution < -0.4 is 4.90 Å². The Kier molecular flexibility index (Phi) is 5.43. The van der Waals surface area contributed by atoms with Crippen molar-refractivity contribution in [2.45, 2.75) is 6.92 Å². The number of allylic oxidation sites excluding steroid dienone is 1. The summed E-state index contributed by atoms with van der Waals surface area (Å²) in [5, 5.41) is 11.7. The molecule has 26 heavy (non-hydrogen) atoms. The predicted octanol–water partition coefficient (Wildman–Crippen LogP) is 4.61. The first-order valence-electron chi connectivity index (χ1n) is 8.27. The van der Waals surface area contributed by atoms with Crippen molar-refractivity contribution in [1.82, 2.24) is 14.9 Å². The van der Waals surface area contributed by atoms with Crippen molar-refractivity contribution < 1.29 is 0 Å². The molecule has 1 heterocycles.